The van der Waals surface area contributed by atoms with E-state index in [0.717, 1.165) is 39.0 Å². The number of hydrogen-bond acceptors (Lipinski definition) is 5. The molecule has 0 saturated heterocycles. The van der Waals surface area contributed by atoms with Crippen LogP contribution in [0.3, 0.4) is 0 Å². The summed E-state index contributed by atoms with van der Waals surface area (Å²) in [5, 5.41) is 3.17. The molecule has 3 rings (SSSR count). The highest BCUT2D eigenvalue weighted by molar-refractivity contribution is 8.14. The zero-order chi connectivity index (χ0) is 23.1. The number of fused-ring (bicyclic) bond motifs is 1. The molecule has 1 atom stereocenters. The van der Waals surface area contributed by atoms with Gasteiger partial charge in [0.2, 0.25) is 0 Å². The van der Waals surface area contributed by atoms with E-state index in [4.69, 9.17) is 14.7 Å². The number of aromatic nitrogens is 2. The Morgan fingerprint density at radius 1 is 1.22 bits per heavy atom. The Hall–Kier alpha value is -2.86. The summed E-state index contributed by atoms with van der Waals surface area (Å²) in [6.45, 7) is 8.23. The van der Waals surface area contributed by atoms with Crippen LogP contribution >= 0.6 is 11.8 Å². The third-order valence-corrected chi connectivity index (χ3v) is 6.22. The van der Waals surface area contributed by atoms with Crippen molar-refractivity contribution < 1.29 is 9.53 Å². The molecule has 0 N–H and O–H groups in total. The van der Waals surface area contributed by atoms with Gasteiger partial charge >= 0.3 is 5.97 Å². The molecule has 0 saturated carbocycles. The second-order valence-electron chi connectivity index (χ2n) is 7.46. The van der Waals surface area contributed by atoms with E-state index in [-0.39, 0.29) is 5.97 Å². The van der Waals surface area contributed by atoms with Gasteiger partial charge in [-0.2, -0.15) is 0 Å². The van der Waals surface area contributed by atoms with Gasteiger partial charge in [-0.1, -0.05) is 49.4 Å². The topological polar surface area (TPSA) is 56.5 Å². The maximum Gasteiger partial charge on any atom is 0.331 e. The summed E-state index contributed by atoms with van der Waals surface area (Å²) in [7, 11) is 1.97. The van der Waals surface area contributed by atoms with Crippen molar-refractivity contribution in [1.29, 1.82) is 0 Å². The molecule has 0 amide bonds. The fraction of sp³-hybridized carbons (Fsp3) is 0.346. The standard InChI is InChI=1S/C26H31N3O2S/c1-6-11-22-18(4)29(5)24(27-22)17-23(26(30)31-7-2)28-25(32-8-3)21-15-14-19-12-9-10-13-20(19)16-21/h6,9-16,23H,7-8,17H2,1-5H3/b11-6-,28-25?. The molecule has 0 aliphatic carbocycles. The molecule has 1 unspecified atom stereocenters. The van der Waals surface area contributed by atoms with Gasteiger partial charge in [-0.05, 0) is 49.4 Å². The Labute approximate surface area is 194 Å². The number of nitrogens with zero attached hydrogens (tertiary/aromatic N) is 3. The lowest BCUT2D eigenvalue weighted by Crippen LogP contribution is -2.26. The second-order valence-corrected chi connectivity index (χ2v) is 8.71. The normalized spacial score (nSPS) is 13.1. The van der Waals surface area contributed by atoms with Crippen LogP contribution in [0, 0.1) is 6.92 Å². The van der Waals surface area contributed by atoms with E-state index in [1.54, 1.807) is 11.8 Å². The van der Waals surface area contributed by atoms with Gasteiger partial charge < -0.3 is 9.30 Å². The monoisotopic (exact) mass is 449 g/mol. The molecule has 0 bridgehead atoms. The van der Waals surface area contributed by atoms with Crippen molar-refractivity contribution in [2.45, 2.75) is 40.2 Å². The lowest BCUT2D eigenvalue weighted by molar-refractivity contribution is -0.144. The van der Waals surface area contributed by atoms with Crippen molar-refractivity contribution in [2.24, 2.45) is 12.0 Å². The van der Waals surface area contributed by atoms with Crippen LogP contribution in [0.25, 0.3) is 16.8 Å². The van der Waals surface area contributed by atoms with Crippen molar-refractivity contribution >= 4 is 39.6 Å². The molecule has 6 heteroatoms. The molecule has 1 aromatic heterocycles. The van der Waals surface area contributed by atoms with Crippen LogP contribution in [-0.2, 0) is 23.0 Å². The summed E-state index contributed by atoms with van der Waals surface area (Å²) in [5.41, 5.74) is 2.98. The van der Waals surface area contributed by atoms with E-state index in [0.29, 0.717) is 13.0 Å². The predicted octanol–water partition coefficient (Wildman–Crippen LogP) is 5.59. The van der Waals surface area contributed by atoms with Crippen molar-refractivity contribution in [3.05, 3.63) is 71.3 Å². The zero-order valence-corrected chi connectivity index (χ0v) is 20.3. The molecule has 2 aromatic carbocycles. The third kappa shape index (κ3) is 5.49. The van der Waals surface area contributed by atoms with Crippen LogP contribution in [-0.4, -0.2) is 39.0 Å². The maximum atomic E-state index is 12.9. The van der Waals surface area contributed by atoms with Gasteiger partial charge in [0.25, 0.3) is 0 Å². The number of aliphatic imine (C=N–C) groups is 1. The number of hydrogen-bond donors (Lipinski definition) is 0. The minimum Gasteiger partial charge on any atom is -0.464 e. The average Bonchev–Trinajstić information content (AvgIpc) is 3.06. The van der Waals surface area contributed by atoms with Crippen molar-refractivity contribution in [2.75, 3.05) is 12.4 Å². The average molecular weight is 450 g/mol. The van der Waals surface area contributed by atoms with Crippen LogP contribution in [0.1, 0.15) is 43.5 Å². The van der Waals surface area contributed by atoms with Crippen molar-refractivity contribution in [1.82, 2.24) is 9.55 Å². The first-order valence-electron chi connectivity index (χ1n) is 11.0. The minimum absolute atomic E-state index is 0.320. The molecule has 3 aromatic rings. The molecule has 0 aliphatic heterocycles. The molecule has 0 fully saturated rings. The number of imidazole rings is 1. The molecule has 168 valence electrons. The largest absolute Gasteiger partial charge is 0.464 e. The van der Waals surface area contributed by atoms with Crippen LogP contribution in [0.5, 0.6) is 0 Å². The zero-order valence-electron chi connectivity index (χ0n) is 19.5. The third-order valence-electron chi connectivity index (χ3n) is 5.32. The quantitative estimate of drug-likeness (QED) is 0.256. The van der Waals surface area contributed by atoms with E-state index >= 15 is 0 Å². The molecule has 5 nitrogen and oxygen atoms in total. The number of rotatable bonds is 8. The summed E-state index contributed by atoms with van der Waals surface area (Å²) >= 11 is 1.64. The van der Waals surface area contributed by atoms with Crippen LogP contribution in [0.4, 0.5) is 0 Å². The smallest absolute Gasteiger partial charge is 0.331 e. The lowest BCUT2D eigenvalue weighted by atomic mass is 10.1. The molecular formula is C26H31N3O2S. The number of carbonyl (C=O) groups excluding carboxylic acids is 1. The Bertz CT molecular complexity index is 1150. The Morgan fingerprint density at radius 3 is 2.66 bits per heavy atom. The molecular weight excluding hydrogens is 418 g/mol. The lowest BCUT2D eigenvalue weighted by Gasteiger charge is -2.15. The van der Waals surface area contributed by atoms with Crippen molar-refractivity contribution in [3.8, 4) is 0 Å². The maximum absolute atomic E-state index is 12.9. The van der Waals surface area contributed by atoms with Gasteiger partial charge in [-0.3, -0.25) is 4.99 Å². The predicted molar refractivity (Wildman–Crippen MR) is 135 cm³/mol. The van der Waals surface area contributed by atoms with E-state index < -0.39 is 6.04 Å². The number of esters is 1. The molecule has 1 heterocycles. The minimum atomic E-state index is -0.658. The number of thioether (sulfide) groups is 1. The summed E-state index contributed by atoms with van der Waals surface area (Å²) in [5.74, 6) is 1.35. The number of allylic oxidation sites excluding steroid dienone is 1. The fourth-order valence-corrected chi connectivity index (χ4v) is 4.32. The first kappa shape index (κ1) is 23.8. The molecule has 0 aliphatic rings. The van der Waals surface area contributed by atoms with E-state index in [1.807, 2.05) is 56.7 Å². The highest BCUT2D eigenvalue weighted by Crippen LogP contribution is 2.22. The number of ether oxygens (including phenoxy) is 1. The Kier molecular flexibility index (Phi) is 8.28. The fourth-order valence-electron chi connectivity index (χ4n) is 3.55. The van der Waals surface area contributed by atoms with Gasteiger partial charge in [0.05, 0.1) is 17.3 Å². The van der Waals surface area contributed by atoms with Crippen LogP contribution in [0.2, 0.25) is 0 Å². The Morgan fingerprint density at radius 2 is 1.97 bits per heavy atom. The number of benzene rings is 2. The van der Waals surface area contributed by atoms with Crippen molar-refractivity contribution in [3.63, 3.8) is 0 Å². The van der Waals surface area contributed by atoms with Crippen LogP contribution < -0.4 is 0 Å². The van der Waals surface area contributed by atoms with Gasteiger partial charge in [0, 0.05) is 24.7 Å². The summed E-state index contributed by atoms with van der Waals surface area (Å²) < 4.78 is 7.41. The highest BCUT2D eigenvalue weighted by atomic mass is 32.2. The van der Waals surface area contributed by atoms with Gasteiger partial charge in [-0.25, -0.2) is 9.78 Å². The van der Waals surface area contributed by atoms with E-state index in [2.05, 4.69) is 37.3 Å². The summed E-state index contributed by atoms with van der Waals surface area (Å²) in [6, 6.07) is 13.9. The summed E-state index contributed by atoms with van der Waals surface area (Å²) in [6.07, 6.45) is 4.33. The van der Waals surface area contributed by atoms with Gasteiger partial charge in [0.1, 0.15) is 5.82 Å². The second kappa shape index (κ2) is 11.1. The molecule has 32 heavy (non-hydrogen) atoms. The van der Waals surface area contributed by atoms with Crippen LogP contribution in [0.15, 0.2) is 53.5 Å². The van der Waals surface area contributed by atoms with E-state index in [9.17, 15) is 4.79 Å². The molecule has 0 spiro atoms. The highest BCUT2D eigenvalue weighted by Gasteiger charge is 2.24. The Balaban J connectivity index is 2.02. The number of carbonyl (C=O) groups is 1. The first-order valence-corrected chi connectivity index (χ1v) is 12.0. The molecule has 0 radical (unpaired) electrons. The SMILES string of the molecule is C/C=C\c1nc(CC(N=C(SCC)c2ccc3ccccc3c2)C(=O)OCC)n(C)c1C. The van der Waals surface area contributed by atoms with Gasteiger partial charge in [-0.15, -0.1) is 11.8 Å². The first-order chi connectivity index (χ1) is 15.5. The van der Waals surface area contributed by atoms with E-state index in [1.165, 1.54) is 5.39 Å². The van der Waals surface area contributed by atoms with Gasteiger partial charge in [0.15, 0.2) is 6.04 Å². The summed E-state index contributed by atoms with van der Waals surface area (Å²) in [4.78, 5) is 22.5.